The zero-order valence-corrected chi connectivity index (χ0v) is 14.5. The molecule has 2 N–H and O–H groups in total. The van der Waals surface area contributed by atoms with E-state index < -0.39 is 0 Å². The number of hydrogen-bond donors (Lipinski definition) is 2. The van der Waals surface area contributed by atoms with Gasteiger partial charge in [-0.3, -0.25) is 0 Å². The molecule has 1 fully saturated rings. The summed E-state index contributed by atoms with van der Waals surface area (Å²) in [5.74, 6) is 2.15. The van der Waals surface area contributed by atoms with Crippen LogP contribution in [0.2, 0.25) is 0 Å². The SMILES string of the molecule is CC(NCC1CCCC1O)c1ccc(OCc2nccn2C)cc1. The Morgan fingerprint density at radius 1 is 1.33 bits per heavy atom. The van der Waals surface area contributed by atoms with Gasteiger partial charge < -0.3 is 19.7 Å². The van der Waals surface area contributed by atoms with Crippen molar-refractivity contribution in [3.63, 3.8) is 0 Å². The highest BCUT2D eigenvalue weighted by molar-refractivity contribution is 5.29. The fourth-order valence-corrected chi connectivity index (χ4v) is 3.24. The molecule has 5 heteroatoms. The molecule has 1 aromatic heterocycles. The van der Waals surface area contributed by atoms with Crippen LogP contribution in [0.1, 0.15) is 43.6 Å². The highest BCUT2D eigenvalue weighted by atomic mass is 16.5. The van der Waals surface area contributed by atoms with Crippen LogP contribution in [0, 0.1) is 5.92 Å². The Labute approximate surface area is 143 Å². The summed E-state index contributed by atoms with van der Waals surface area (Å²) in [5.41, 5.74) is 1.23. The normalized spacial score (nSPS) is 21.8. The number of aliphatic hydroxyl groups excluding tert-OH is 1. The van der Waals surface area contributed by atoms with E-state index >= 15 is 0 Å². The molecule has 130 valence electrons. The van der Waals surface area contributed by atoms with E-state index in [1.165, 1.54) is 5.56 Å². The van der Waals surface area contributed by atoms with E-state index in [0.717, 1.165) is 37.4 Å². The summed E-state index contributed by atoms with van der Waals surface area (Å²) < 4.78 is 7.74. The average Bonchev–Trinajstić information content (AvgIpc) is 3.19. The van der Waals surface area contributed by atoms with Crippen molar-refractivity contribution in [1.82, 2.24) is 14.9 Å². The van der Waals surface area contributed by atoms with Crippen molar-refractivity contribution in [3.8, 4) is 5.75 Å². The Kier molecular flexibility index (Phi) is 5.53. The van der Waals surface area contributed by atoms with Crippen LogP contribution < -0.4 is 10.1 Å². The molecule has 0 saturated heterocycles. The lowest BCUT2D eigenvalue weighted by Gasteiger charge is -2.20. The molecule has 1 aliphatic carbocycles. The lowest BCUT2D eigenvalue weighted by Crippen LogP contribution is -2.29. The first kappa shape index (κ1) is 17.0. The topological polar surface area (TPSA) is 59.3 Å². The number of aliphatic hydroxyl groups is 1. The summed E-state index contributed by atoms with van der Waals surface area (Å²) in [7, 11) is 1.96. The number of nitrogens with zero attached hydrogens (tertiary/aromatic N) is 2. The fraction of sp³-hybridized carbons (Fsp3) is 0.526. The van der Waals surface area contributed by atoms with Crippen molar-refractivity contribution in [3.05, 3.63) is 48.0 Å². The van der Waals surface area contributed by atoms with E-state index in [-0.39, 0.29) is 12.1 Å². The summed E-state index contributed by atoms with van der Waals surface area (Å²) in [5, 5.41) is 13.4. The minimum Gasteiger partial charge on any atom is -0.486 e. The Balaban J connectivity index is 1.49. The smallest absolute Gasteiger partial charge is 0.146 e. The number of hydrogen-bond acceptors (Lipinski definition) is 4. The Hall–Kier alpha value is -1.85. The van der Waals surface area contributed by atoms with Gasteiger partial charge in [0, 0.05) is 32.0 Å². The van der Waals surface area contributed by atoms with Crippen molar-refractivity contribution in [2.45, 2.75) is 44.9 Å². The molecule has 3 atom stereocenters. The van der Waals surface area contributed by atoms with E-state index in [2.05, 4.69) is 29.4 Å². The van der Waals surface area contributed by atoms with Crippen molar-refractivity contribution < 1.29 is 9.84 Å². The number of aryl methyl sites for hydroxylation is 1. The third-order valence-corrected chi connectivity index (χ3v) is 4.97. The van der Waals surface area contributed by atoms with Gasteiger partial charge in [0.2, 0.25) is 0 Å². The number of imidazole rings is 1. The molecule has 1 heterocycles. The van der Waals surface area contributed by atoms with E-state index in [9.17, 15) is 5.11 Å². The van der Waals surface area contributed by atoms with Gasteiger partial charge in [-0.15, -0.1) is 0 Å². The first-order valence-corrected chi connectivity index (χ1v) is 8.74. The second-order valence-corrected chi connectivity index (χ2v) is 6.70. The number of benzene rings is 1. The minimum atomic E-state index is -0.133. The highest BCUT2D eigenvalue weighted by Gasteiger charge is 2.25. The molecule has 3 rings (SSSR count). The molecule has 0 amide bonds. The molecule has 5 nitrogen and oxygen atoms in total. The van der Waals surface area contributed by atoms with Gasteiger partial charge in [-0.2, -0.15) is 0 Å². The standard InChI is InChI=1S/C19H27N3O2/c1-14(21-12-16-4-3-5-18(16)23)15-6-8-17(9-7-15)24-13-19-20-10-11-22(19)2/h6-11,14,16,18,21,23H,3-5,12-13H2,1-2H3. The molecule has 1 saturated carbocycles. The number of aromatic nitrogens is 2. The van der Waals surface area contributed by atoms with Gasteiger partial charge in [-0.1, -0.05) is 18.6 Å². The van der Waals surface area contributed by atoms with Crippen molar-refractivity contribution in [1.29, 1.82) is 0 Å². The number of ether oxygens (including phenoxy) is 1. The third-order valence-electron chi connectivity index (χ3n) is 4.97. The van der Waals surface area contributed by atoms with E-state index in [1.54, 1.807) is 6.20 Å². The van der Waals surface area contributed by atoms with Gasteiger partial charge in [0.05, 0.1) is 6.10 Å². The summed E-state index contributed by atoms with van der Waals surface area (Å²) in [6.45, 7) is 3.50. The Morgan fingerprint density at radius 3 is 2.75 bits per heavy atom. The van der Waals surface area contributed by atoms with Crippen LogP contribution in [0.5, 0.6) is 5.75 Å². The van der Waals surface area contributed by atoms with E-state index in [1.807, 2.05) is 29.9 Å². The molecule has 0 radical (unpaired) electrons. The Bertz CT molecular complexity index is 638. The molecule has 0 bridgehead atoms. The summed E-state index contributed by atoms with van der Waals surface area (Å²) in [4.78, 5) is 4.25. The minimum absolute atomic E-state index is 0.133. The highest BCUT2D eigenvalue weighted by Crippen LogP contribution is 2.26. The molecule has 0 aliphatic heterocycles. The lowest BCUT2D eigenvalue weighted by atomic mass is 10.0. The Morgan fingerprint density at radius 2 is 2.12 bits per heavy atom. The number of nitrogens with one attached hydrogen (secondary N) is 1. The van der Waals surface area contributed by atoms with Crippen LogP contribution >= 0.6 is 0 Å². The van der Waals surface area contributed by atoms with Gasteiger partial charge in [0.15, 0.2) is 0 Å². The van der Waals surface area contributed by atoms with E-state index in [0.29, 0.717) is 12.5 Å². The zero-order chi connectivity index (χ0) is 16.9. The molecule has 3 unspecified atom stereocenters. The maximum atomic E-state index is 9.90. The van der Waals surface area contributed by atoms with Crippen LogP contribution in [0.4, 0.5) is 0 Å². The van der Waals surface area contributed by atoms with Crippen LogP contribution in [0.3, 0.4) is 0 Å². The van der Waals surface area contributed by atoms with Gasteiger partial charge in [-0.25, -0.2) is 4.98 Å². The molecule has 0 spiro atoms. The monoisotopic (exact) mass is 329 g/mol. The molecular weight excluding hydrogens is 302 g/mol. The van der Waals surface area contributed by atoms with Crippen LogP contribution in [-0.4, -0.2) is 27.3 Å². The van der Waals surface area contributed by atoms with Crippen molar-refractivity contribution >= 4 is 0 Å². The van der Waals surface area contributed by atoms with Gasteiger partial charge in [0.1, 0.15) is 18.2 Å². The van der Waals surface area contributed by atoms with Gasteiger partial charge >= 0.3 is 0 Å². The first-order chi connectivity index (χ1) is 11.6. The summed E-state index contributed by atoms with van der Waals surface area (Å²) in [6.07, 6.45) is 6.77. The molecule has 2 aromatic rings. The maximum absolute atomic E-state index is 9.90. The second-order valence-electron chi connectivity index (χ2n) is 6.70. The van der Waals surface area contributed by atoms with Gasteiger partial charge in [-0.05, 0) is 43.4 Å². The maximum Gasteiger partial charge on any atom is 0.146 e. The predicted molar refractivity (Wildman–Crippen MR) is 93.7 cm³/mol. The van der Waals surface area contributed by atoms with Crippen LogP contribution in [-0.2, 0) is 13.7 Å². The average molecular weight is 329 g/mol. The van der Waals surface area contributed by atoms with Crippen molar-refractivity contribution in [2.24, 2.45) is 13.0 Å². The molecule has 1 aliphatic rings. The zero-order valence-electron chi connectivity index (χ0n) is 14.5. The number of rotatable bonds is 7. The second kappa shape index (κ2) is 7.81. The summed E-state index contributed by atoms with van der Waals surface area (Å²) in [6, 6.07) is 8.45. The van der Waals surface area contributed by atoms with Crippen LogP contribution in [0.25, 0.3) is 0 Å². The molecule has 24 heavy (non-hydrogen) atoms. The summed E-state index contributed by atoms with van der Waals surface area (Å²) >= 11 is 0. The van der Waals surface area contributed by atoms with Crippen LogP contribution in [0.15, 0.2) is 36.7 Å². The lowest BCUT2D eigenvalue weighted by molar-refractivity contribution is 0.130. The quantitative estimate of drug-likeness (QED) is 0.820. The molecule has 1 aromatic carbocycles. The first-order valence-electron chi connectivity index (χ1n) is 8.74. The fourth-order valence-electron chi connectivity index (χ4n) is 3.24. The predicted octanol–water partition coefficient (Wildman–Crippen LogP) is 2.81. The van der Waals surface area contributed by atoms with Crippen molar-refractivity contribution in [2.75, 3.05) is 6.54 Å². The van der Waals surface area contributed by atoms with E-state index in [4.69, 9.17) is 4.74 Å². The van der Waals surface area contributed by atoms with Gasteiger partial charge in [0.25, 0.3) is 0 Å². The molecular formula is C19H27N3O2. The third kappa shape index (κ3) is 4.16. The largest absolute Gasteiger partial charge is 0.486 e.